The van der Waals surface area contributed by atoms with Crippen molar-refractivity contribution in [3.63, 3.8) is 0 Å². The molecule has 0 spiro atoms. The molecule has 1 unspecified atom stereocenters. The number of fused-ring (bicyclic) bond motifs is 1. The molecule has 0 radical (unpaired) electrons. The van der Waals surface area contributed by atoms with Crippen molar-refractivity contribution in [2.75, 3.05) is 12.4 Å². The van der Waals surface area contributed by atoms with Crippen LogP contribution in [0.2, 0.25) is 0 Å². The van der Waals surface area contributed by atoms with Gasteiger partial charge in [-0.05, 0) is 61.1 Å². The highest BCUT2D eigenvalue weighted by Crippen LogP contribution is 2.29. The zero-order chi connectivity index (χ0) is 19.6. The summed E-state index contributed by atoms with van der Waals surface area (Å²) < 4.78 is 33.5. The summed E-state index contributed by atoms with van der Waals surface area (Å²) in [6, 6.07) is 10.2. The van der Waals surface area contributed by atoms with Crippen LogP contribution >= 0.6 is 0 Å². The fourth-order valence-corrected chi connectivity index (χ4v) is 4.63. The lowest BCUT2D eigenvalue weighted by Gasteiger charge is -2.17. The van der Waals surface area contributed by atoms with Crippen molar-refractivity contribution in [3.8, 4) is 5.75 Å². The first kappa shape index (κ1) is 19.4. The maximum absolute atomic E-state index is 12.8. The SMILES string of the molecule is COc1ccc(S(=O)(=O)NC(C)c2ccc3c(c2)CCC3)cc1NC(C)=O. The van der Waals surface area contributed by atoms with Gasteiger partial charge >= 0.3 is 0 Å². The molecule has 27 heavy (non-hydrogen) atoms. The largest absolute Gasteiger partial charge is 0.495 e. The predicted molar refractivity (Wildman–Crippen MR) is 105 cm³/mol. The molecule has 1 aliphatic rings. The van der Waals surface area contributed by atoms with Gasteiger partial charge in [-0.2, -0.15) is 0 Å². The van der Waals surface area contributed by atoms with Crippen LogP contribution in [0.25, 0.3) is 0 Å². The number of aryl methyl sites for hydroxylation is 2. The second-order valence-electron chi connectivity index (χ2n) is 6.77. The van der Waals surface area contributed by atoms with Crippen molar-refractivity contribution < 1.29 is 17.9 Å². The number of rotatable bonds is 6. The number of hydrogen-bond donors (Lipinski definition) is 2. The number of benzene rings is 2. The number of ether oxygens (including phenoxy) is 1. The van der Waals surface area contributed by atoms with Gasteiger partial charge in [-0.15, -0.1) is 0 Å². The first-order chi connectivity index (χ1) is 12.8. The summed E-state index contributed by atoms with van der Waals surface area (Å²) in [5.41, 5.74) is 3.91. The summed E-state index contributed by atoms with van der Waals surface area (Å²) in [4.78, 5) is 11.4. The molecule has 1 atom stereocenters. The lowest BCUT2D eigenvalue weighted by Crippen LogP contribution is -2.27. The molecule has 0 saturated heterocycles. The maximum Gasteiger partial charge on any atom is 0.241 e. The van der Waals surface area contributed by atoms with Crippen LogP contribution in [-0.4, -0.2) is 21.4 Å². The van der Waals surface area contributed by atoms with E-state index in [1.165, 1.54) is 43.4 Å². The molecule has 1 amide bonds. The Kier molecular flexibility index (Phi) is 5.53. The first-order valence-electron chi connectivity index (χ1n) is 8.90. The summed E-state index contributed by atoms with van der Waals surface area (Å²) >= 11 is 0. The average Bonchev–Trinajstić information content (AvgIpc) is 3.08. The molecule has 0 fully saturated rings. The zero-order valence-electron chi connectivity index (χ0n) is 15.7. The number of sulfonamides is 1. The number of hydrogen-bond acceptors (Lipinski definition) is 4. The third-order valence-electron chi connectivity index (χ3n) is 4.75. The monoisotopic (exact) mass is 388 g/mol. The molecule has 7 heteroatoms. The van der Waals surface area contributed by atoms with Crippen LogP contribution in [0.15, 0.2) is 41.3 Å². The van der Waals surface area contributed by atoms with E-state index in [2.05, 4.69) is 22.2 Å². The third-order valence-corrected chi connectivity index (χ3v) is 6.28. The molecule has 3 rings (SSSR count). The Bertz CT molecular complexity index is 970. The molecule has 0 aliphatic heterocycles. The van der Waals surface area contributed by atoms with E-state index in [-0.39, 0.29) is 16.8 Å². The van der Waals surface area contributed by atoms with Gasteiger partial charge in [0.15, 0.2) is 0 Å². The molecule has 2 aromatic carbocycles. The minimum absolute atomic E-state index is 0.0695. The van der Waals surface area contributed by atoms with Gasteiger partial charge in [0, 0.05) is 13.0 Å². The Balaban J connectivity index is 1.84. The van der Waals surface area contributed by atoms with Crippen molar-refractivity contribution in [1.82, 2.24) is 4.72 Å². The molecule has 2 N–H and O–H groups in total. The minimum Gasteiger partial charge on any atom is -0.495 e. The van der Waals surface area contributed by atoms with E-state index >= 15 is 0 Å². The Morgan fingerprint density at radius 1 is 1.11 bits per heavy atom. The Hall–Kier alpha value is -2.38. The molecule has 0 bridgehead atoms. The molecular weight excluding hydrogens is 364 g/mol. The van der Waals surface area contributed by atoms with E-state index in [4.69, 9.17) is 4.74 Å². The fourth-order valence-electron chi connectivity index (χ4n) is 3.37. The standard InChI is InChI=1S/C20H24N2O4S/c1-13(16-8-7-15-5-4-6-17(15)11-16)22-27(24,25)18-9-10-20(26-3)19(12-18)21-14(2)23/h7-13,22H,4-6H2,1-3H3,(H,21,23). The quantitative estimate of drug-likeness (QED) is 0.796. The second-order valence-corrected chi connectivity index (χ2v) is 8.48. The number of methoxy groups -OCH3 is 1. The van der Waals surface area contributed by atoms with Gasteiger partial charge in [0.2, 0.25) is 15.9 Å². The topological polar surface area (TPSA) is 84.5 Å². The van der Waals surface area contributed by atoms with Crippen molar-refractivity contribution in [3.05, 3.63) is 53.1 Å². The van der Waals surface area contributed by atoms with E-state index in [1.807, 2.05) is 13.0 Å². The van der Waals surface area contributed by atoms with Crippen LogP contribution in [0.3, 0.4) is 0 Å². The van der Waals surface area contributed by atoms with Gasteiger partial charge in [-0.1, -0.05) is 18.2 Å². The molecule has 0 saturated carbocycles. The number of carbonyl (C=O) groups is 1. The lowest BCUT2D eigenvalue weighted by atomic mass is 10.0. The van der Waals surface area contributed by atoms with Crippen molar-refractivity contribution in [1.29, 1.82) is 0 Å². The van der Waals surface area contributed by atoms with Gasteiger partial charge in [0.1, 0.15) is 5.75 Å². The van der Waals surface area contributed by atoms with E-state index in [1.54, 1.807) is 0 Å². The van der Waals surface area contributed by atoms with Gasteiger partial charge in [-0.3, -0.25) is 4.79 Å². The highest BCUT2D eigenvalue weighted by Gasteiger charge is 2.21. The van der Waals surface area contributed by atoms with Crippen LogP contribution in [0, 0.1) is 0 Å². The summed E-state index contributed by atoms with van der Waals surface area (Å²) in [6.07, 6.45) is 3.28. The van der Waals surface area contributed by atoms with Crippen molar-refractivity contribution >= 4 is 21.6 Å². The third kappa shape index (κ3) is 4.31. The summed E-state index contributed by atoms with van der Waals surface area (Å²) in [5, 5.41) is 2.59. The lowest BCUT2D eigenvalue weighted by molar-refractivity contribution is -0.114. The van der Waals surface area contributed by atoms with Gasteiger partial charge in [-0.25, -0.2) is 13.1 Å². The Morgan fingerprint density at radius 3 is 2.56 bits per heavy atom. The van der Waals surface area contributed by atoms with E-state index in [9.17, 15) is 13.2 Å². The summed E-state index contributed by atoms with van der Waals surface area (Å²) in [6.45, 7) is 3.18. The molecule has 2 aromatic rings. The number of nitrogens with one attached hydrogen (secondary N) is 2. The van der Waals surface area contributed by atoms with Crippen LogP contribution in [-0.2, 0) is 27.7 Å². The normalized spacial score (nSPS) is 14.5. The molecular formula is C20H24N2O4S. The summed E-state index contributed by atoms with van der Waals surface area (Å²) in [7, 11) is -2.30. The summed E-state index contributed by atoms with van der Waals surface area (Å²) in [5.74, 6) is 0.0955. The van der Waals surface area contributed by atoms with Gasteiger partial charge in [0.05, 0.1) is 17.7 Å². The van der Waals surface area contributed by atoms with Crippen LogP contribution < -0.4 is 14.8 Å². The molecule has 0 heterocycles. The van der Waals surface area contributed by atoms with E-state index in [0.29, 0.717) is 11.4 Å². The van der Waals surface area contributed by atoms with Crippen LogP contribution in [0.4, 0.5) is 5.69 Å². The zero-order valence-corrected chi connectivity index (χ0v) is 16.5. The predicted octanol–water partition coefficient (Wildman–Crippen LogP) is 3.18. The van der Waals surface area contributed by atoms with Crippen LogP contribution in [0.1, 0.15) is 43.0 Å². The molecule has 6 nitrogen and oxygen atoms in total. The first-order valence-corrected chi connectivity index (χ1v) is 10.4. The van der Waals surface area contributed by atoms with Crippen molar-refractivity contribution in [2.45, 2.75) is 44.0 Å². The fraction of sp³-hybridized carbons (Fsp3) is 0.350. The number of anilines is 1. The molecule has 0 aromatic heterocycles. The highest BCUT2D eigenvalue weighted by atomic mass is 32.2. The van der Waals surface area contributed by atoms with Crippen molar-refractivity contribution in [2.24, 2.45) is 0 Å². The van der Waals surface area contributed by atoms with E-state index < -0.39 is 10.0 Å². The van der Waals surface area contributed by atoms with E-state index in [0.717, 1.165) is 24.8 Å². The Labute approximate surface area is 160 Å². The minimum atomic E-state index is -3.76. The van der Waals surface area contributed by atoms with Gasteiger partial charge < -0.3 is 10.1 Å². The van der Waals surface area contributed by atoms with Crippen LogP contribution in [0.5, 0.6) is 5.75 Å². The molecule has 144 valence electrons. The smallest absolute Gasteiger partial charge is 0.241 e. The number of amides is 1. The second kappa shape index (κ2) is 7.70. The average molecular weight is 388 g/mol. The number of carbonyl (C=O) groups excluding carboxylic acids is 1. The maximum atomic E-state index is 12.8. The Morgan fingerprint density at radius 2 is 1.85 bits per heavy atom. The van der Waals surface area contributed by atoms with Gasteiger partial charge in [0.25, 0.3) is 0 Å². The highest BCUT2D eigenvalue weighted by molar-refractivity contribution is 7.89. The molecule has 1 aliphatic carbocycles.